The standard InChI is InChI=1S/C16H18N4/c1-11-3-5-13(6-4-11)20-15(10-19-16(20)17)14-9-18-8-7-12(14)2/h3-9,15H,10H2,1-2H3,(H2,17,19). The molecule has 1 aliphatic rings. The first-order valence-corrected chi connectivity index (χ1v) is 6.73. The fourth-order valence-corrected chi connectivity index (χ4v) is 2.58. The van der Waals surface area contributed by atoms with Crippen molar-refractivity contribution in [3.05, 3.63) is 59.4 Å². The lowest BCUT2D eigenvalue weighted by Crippen LogP contribution is -2.36. The minimum atomic E-state index is 0.131. The molecule has 1 atom stereocenters. The number of rotatable bonds is 2. The van der Waals surface area contributed by atoms with Gasteiger partial charge < -0.3 is 10.6 Å². The van der Waals surface area contributed by atoms with E-state index in [2.05, 4.69) is 53.0 Å². The van der Waals surface area contributed by atoms with Crippen LogP contribution in [0.15, 0.2) is 47.7 Å². The monoisotopic (exact) mass is 266 g/mol. The molecule has 0 saturated carbocycles. The quantitative estimate of drug-likeness (QED) is 0.909. The van der Waals surface area contributed by atoms with Crippen LogP contribution < -0.4 is 10.6 Å². The molecule has 3 rings (SSSR count). The number of aryl methyl sites for hydroxylation is 2. The van der Waals surface area contributed by atoms with Crippen LogP contribution in [-0.2, 0) is 0 Å². The van der Waals surface area contributed by atoms with E-state index < -0.39 is 0 Å². The summed E-state index contributed by atoms with van der Waals surface area (Å²) in [5.74, 6) is 0.571. The first-order valence-electron chi connectivity index (χ1n) is 6.73. The molecule has 0 aliphatic carbocycles. The maximum absolute atomic E-state index is 6.08. The lowest BCUT2D eigenvalue weighted by molar-refractivity contribution is 0.757. The van der Waals surface area contributed by atoms with Crippen LogP contribution in [0.3, 0.4) is 0 Å². The minimum Gasteiger partial charge on any atom is -0.369 e. The molecule has 2 heterocycles. The van der Waals surface area contributed by atoms with Crippen LogP contribution in [0, 0.1) is 13.8 Å². The summed E-state index contributed by atoms with van der Waals surface area (Å²) < 4.78 is 0. The van der Waals surface area contributed by atoms with Crippen molar-refractivity contribution < 1.29 is 0 Å². The number of aliphatic imine (C=N–C) groups is 1. The highest BCUT2D eigenvalue weighted by Gasteiger charge is 2.29. The third-order valence-electron chi connectivity index (χ3n) is 3.74. The van der Waals surface area contributed by atoms with Gasteiger partial charge in [0.25, 0.3) is 0 Å². The van der Waals surface area contributed by atoms with Gasteiger partial charge in [-0.1, -0.05) is 17.7 Å². The first-order chi connectivity index (χ1) is 9.66. The van der Waals surface area contributed by atoms with Crippen molar-refractivity contribution in [1.29, 1.82) is 0 Å². The predicted octanol–water partition coefficient (Wildman–Crippen LogP) is 2.57. The largest absolute Gasteiger partial charge is 0.369 e. The molecule has 0 amide bonds. The number of pyridine rings is 1. The Hall–Kier alpha value is -2.36. The van der Waals surface area contributed by atoms with E-state index in [4.69, 9.17) is 5.73 Å². The highest BCUT2D eigenvalue weighted by molar-refractivity contribution is 5.97. The fourth-order valence-electron chi connectivity index (χ4n) is 2.58. The number of hydrogen-bond acceptors (Lipinski definition) is 4. The van der Waals surface area contributed by atoms with Crippen molar-refractivity contribution in [2.75, 3.05) is 11.4 Å². The maximum Gasteiger partial charge on any atom is 0.196 e. The van der Waals surface area contributed by atoms with Crippen molar-refractivity contribution in [1.82, 2.24) is 4.98 Å². The Morgan fingerprint density at radius 2 is 1.90 bits per heavy atom. The van der Waals surface area contributed by atoms with E-state index in [-0.39, 0.29) is 6.04 Å². The number of nitrogens with two attached hydrogens (primary N) is 1. The van der Waals surface area contributed by atoms with E-state index in [1.165, 1.54) is 16.7 Å². The molecule has 0 bridgehead atoms. The Kier molecular flexibility index (Phi) is 3.14. The number of nitrogens with zero attached hydrogens (tertiary/aromatic N) is 3. The summed E-state index contributed by atoms with van der Waals surface area (Å²) >= 11 is 0. The third-order valence-corrected chi connectivity index (χ3v) is 3.74. The second kappa shape index (κ2) is 4.96. The second-order valence-corrected chi connectivity index (χ2v) is 5.15. The fraction of sp³-hybridized carbons (Fsp3) is 0.250. The van der Waals surface area contributed by atoms with E-state index in [0.717, 1.165) is 5.69 Å². The predicted molar refractivity (Wildman–Crippen MR) is 81.9 cm³/mol. The van der Waals surface area contributed by atoms with Crippen molar-refractivity contribution in [2.24, 2.45) is 10.7 Å². The van der Waals surface area contributed by atoms with Gasteiger partial charge >= 0.3 is 0 Å². The zero-order chi connectivity index (χ0) is 14.1. The molecule has 0 spiro atoms. The zero-order valence-electron chi connectivity index (χ0n) is 11.7. The van der Waals surface area contributed by atoms with Gasteiger partial charge in [0, 0.05) is 18.1 Å². The van der Waals surface area contributed by atoms with Gasteiger partial charge in [0.1, 0.15) is 0 Å². The van der Waals surface area contributed by atoms with Gasteiger partial charge in [-0.3, -0.25) is 9.98 Å². The molecular weight excluding hydrogens is 248 g/mol. The Labute approximate surface area is 119 Å². The number of benzene rings is 1. The van der Waals surface area contributed by atoms with Gasteiger partial charge in [0.2, 0.25) is 0 Å². The minimum absolute atomic E-state index is 0.131. The lowest BCUT2D eigenvalue weighted by Gasteiger charge is -2.27. The number of guanidine groups is 1. The van der Waals surface area contributed by atoms with E-state index in [0.29, 0.717) is 12.5 Å². The van der Waals surface area contributed by atoms with E-state index >= 15 is 0 Å². The smallest absolute Gasteiger partial charge is 0.196 e. The summed E-state index contributed by atoms with van der Waals surface area (Å²) in [7, 11) is 0. The molecule has 4 nitrogen and oxygen atoms in total. The highest BCUT2D eigenvalue weighted by Crippen LogP contribution is 2.32. The molecule has 2 N–H and O–H groups in total. The summed E-state index contributed by atoms with van der Waals surface area (Å²) in [5.41, 5.74) is 10.8. The number of hydrogen-bond donors (Lipinski definition) is 1. The molecule has 1 aromatic carbocycles. The van der Waals surface area contributed by atoms with Crippen LogP contribution in [-0.4, -0.2) is 17.5 Å². The molecule has 0 saturated heterocycles. The van der Waals surface area contributed by atoms with Crippen LogP contribution in [0.1, 0.15) is 22.7 Å². The highest BCUT2D eigenvalue weighted by atomic mass is 15.3. The topological polar surface area (TPSA) is 54.5 Å². The summed E-state index contributed by atoms with van der Waals surface area (Å²) in [6.45, 7) is 4.85. The molecule has 0 radical (unpaired) electrons. The van der Waals surface area contributed by atoms with E-state index in [1.54, 1.807) is 0 Å². The lowest BCUT2D eigenvalue weighted by atomic mass is 10.0. The summed E-state index contributed by atoms with van der Waals surface area (Å²) in [6.07, 6.45) is 3.73. The summed E-state index contributed by atoms with van der Waals surface area (Å²) in [4.78, 5) is 10.7. The van der Waals surface area contributed by atoms with Gasteiger partial charge in [-0.05, 0) is 43.2 Å². The molecular formula is C16H18N4. The van der Waals surface area contributed by atoms with Crippen LogP contribution in [0.4, 0.5) is 5.69 Å². The van der Waals surface area contributed by atoms with Crippen molar-refractivity contribution in [2.45, 2.75) is 19.9 Å². The number of anilines is 1. The van der Waals surface area contributed by atoms with Crippen molar-refractivity contribution in [3.63, 3.8) is 0 Å². The molecule has 20 heavy (non-hydrogen) atoms. The van der Waals surface area contributed by atoms with Gasteiger partial charge in [-0.25, -0.2) is 0 Å². The van der Waals surface area contributed by atoms with Crippen LogP contribution in [0.25, 0.3) is 0 Å². The first kappa shape index (κ1) is 12.7. The van der Waals surface area contributed by atoms with Crippen LogP contribution in [0.2, 0.25) is 0 Å². The summed E-state index contributed by atoms with van der Waals surface area (Å²) in [5, 5.41) is 0. The molecule has 0 fully saturated rings. The average molecular weight is 266 g/mol. The van der Waals surface area contributed by atoms with Gasteiger partial charge in [-0.15, -0.1) is 0 Å². The van der Waals surface area contributed by atoms with Gasteiger partial charge in [0.15, 0.2) is 5.96 Å². The zero-order valence-corrected chi connectivity index (χ0v) is 11.7. The third kappa shape index (κ3) is 2.13. The van der Waals surface area contributed by atoms with E-state index in [9.17, 15) is 0 Å². The van der Waals surface area contributed by atoms with Gasteiger partial charge in [-0.2, -0.15) is 0 Å². The maximum atomic E-state index is 6.08. The van der Waals surface area contributed by atoms with Crippen LogP contribution >= 0.6 is 0 Å². The van der Waals surface area contributed by atoms with Gasteiger partial charge in [0.05, 0.1) is 12.6 Å². The number of aromatic nitrogens is 1. The normalized spacial score (nSPS) is 18.2. The molecule has 2 aromatic rings. The van der Waals surface area contributed by atoms with Crippen LogP contribution in [0.5, 0.6) is 0 Å². The van der Waals surface area contributed by atoms with E-state index in [1.807, 2.05) is 18.5 Å². The van der Waals surface area contributed by atoms with Crippen molar-refractivity contribution in [3.8, 4) is 0 Å². The Morgan fingerprint density at radius 1 is 1.15 bits per heavy atom. The molecule has 1 aliphatic heterocycles. The van der Waals surface area contributed by atoms with Crippen molar-refractivity contribution >= 4 is 11.6 Å². The second-order valence-electron chi connectivity index (χ2n) is 5.15. The molecule has 102 valence electrons. The molecule has 1 unspecified atom stereocenters. The Balaban J connectivity index is 2.01. The Morgan fingerprint density at radius 3 is 2.60 bits per heavy atom. The SMILES string of the molecule is Cc1ccc(N2C(N)=NCC2c2cnccc2C)cc1. The molecule has 4 heteroatoms. The molecule has 1 aromatic heterocycles. The average Bonchev–Trinajstić information content (AvgIpc) is 2.82. The Bertz CT molecular complexity index is 646. The summed E-state index contributed by atoms with van der Waals surface area (Å²) in [6, 6.07) is 10.5.